The molecule has 0 aliphatic carbocycles. The summed E-state index contributed by atoms with van der Waals surface area (Å²) in [6.07, 6.45) is 8.31. The van der Waals surface area contributed by atoms with E-state index in [0.29, 0.717) is 11.8 Å². The van der Waals surface area contributed by atoms with E-state index in [1.54, 1.807) is 14.2 Å². The molecule has 2 atom stereocenters. The summed E-state index contributed by atoms with van der Waals surface area (Å²) in [7, 11) is 3.28. The van der Waals surface area contributed by atoms with Crippen molar-refractivity contribution < 1.29 is 47.2 Å². The van der Waals surface area contributed by atoms with Crippen LogP contribution in [0.1, 0.15) is 13.8 Å². The van der Waals surface area contributed by atoms with Crippen LogP contribution in [0.2, 0.25) is 0 Å². The van der Waals surface area contributed by atoms with E-state index in [1.807, 2.05) is 26.0 Å². The third-order valence-corrected chi connectivity index (χ3v) is 2.97. The van der Waals surface area contributed by atoms with E-state index in [-0.39, 0.29) is 49.6 Å². The molecule has 0 bridgehead atoms. The fourth-order valence-corrected chi connectivity index (χ4v) is 2.15. The normalized spacial score (nSPS) is 24.2. The molecule has 2 rings (SSSR count). The van der Waals surface area contributed by atoms with Crippen LogP contribution in [-0.2, 0) is 9.47 Å². The first-order valence-corrected chi connectivity index (χ1v) is 5.94. The number of rotatable bonds is 3. The van der Waals surface area contributed by atoms with Crippen molar-refractivity contribution >= 4 is 0 Å². The fraction of sp³-hybridized carbons (Fsp3) is 0.429. The van der Waals surface area contributed by atoms with Crippen molar-refractivity contribution in [3.8, 4) is 0 Å². The molecule has 0 saturated heterocycles. The number of ether oxygens (including phenoxy) is 2. The van der Waals surface area contributed by atoms with Gasteiger partial charge in [0.25, 0.3) is 0 Å². The molecule has 0 aromatic carbocycles. The van der Waals surface area contributed by atoms with E-state index in [2.05, 4.69) is 22.8 Å². The van der Waals surface area contributed by atoms with E-state index in [1.165, 1.54) is 0 Å². The Bertz CT molecular complexity index is 414. The minimum absolute atomic E-state index is 0. The second kappa shape index (κ2) is 8.60. The SMILES string of the molecule is COC1=CC(C2C=C(C)[N-]C(OC)=C2)C=C(C)[N-]1.[Li+].[Li+]. The molecule has 2 aliphatic rings. The Balaban J connectivity index is 0.00000180. The van der Waals surface area contributed by atoms with Crippen LogP contribution in [-0.4, -0.2) is 14.2 Å². The van der Waals surface area contributed by atoms with E-state index in [4.69, 9.17) is 9.47 Å². The van der Waals surface area contributed by atoms with Crippen LogP contribution < -0.4 is 37.7 Å². The smallest absolute Gasteiger partial charge is 0.632 e. The molecule has 0 aromatic rings. The Hall–Kier alpha value is -0.645. The maximum Gasteiger partial charge on any atom is 1.00 e. The van der Waals surface area contributed by atoms with E-state index >= 15 is 0 Å². The van der Waals surface area contributed by atoms with Gasteiger partial charge < -0.3 is 20.1 Å². The van der Waals surface area contributed by atoms with Crippen LogP contribution in [0.25, 0.3) is 10.6 Å². The third kappa shape index (κ3) is 4.72. The van der Waals surface area contributed by atoms with E-state index < -0.39 is 0 Å². The molecule has 0 fully saturated rings. The molecule has 0 spiro atoms. The van der Waals surface area contributed by atoms with Crippen LogP contribution in [0, 0.1) is 11.8 Å². The van der Waals surface area contributed by atoms with Gasteiger partial charge in [-0.25, -0.2) is 0 Å². The zero-order valence-electron chi connectivity index (χ0n) is 13.2. The van der Waals surface area contributed by atoms with Crippen molar-refractivity contribution in [3.05, 3.63) is 58.1 Å². The summed E-state index contributed by atoms with van der Waals surface area (Å²) in [4.78, 5) is 0. The quantitative estimate of drug-likeness (QED) is 0.540. The molecule has 98 valence electrons. The summed E-state index contributed by atoms with van der Waals surface area (Å²) in [5.41, 5.74) is 1.94. The van der Waals surface area contributed by atoms with Gasteiger partial charge in [0.15, 0.2) is 0 Å². The van der Waals surface area contributed by atoms with Crippen LogP contribution in [0.5, 0.6) is 0 Å². The minimum Gasteiger partial charge on any atom is -0.632 e. The number of allylic oxidation sites excluding steroid dienone is 6. The second-order valence-corrected chi connectivity index (χ2v) is 4.41. The largest absolute Gasteiger partial charge is 1.00 e. The van der Waals surface area contributed by atoms with E-state index in [9.17, 15) is 0 Å². The third-order valence-electron chi connectivity index (χ3n) is 2.97. The molecule has 0 radical (unpaired) electrons. The first-order valence-electron chi connectivity index (χ1n) is 5.94. The zero-order valence-corrected chi connectivity index (χ0v) is 13.2. The summed E-state index contributed by atoms with van der Waals surface area (Å²) >= 11 is 0. The van der Waals surface area contributed by atoms with Crippen LogP contribution >= 0.6 is 0 Å². The minimum atomic E-state index is 0. The van der Waals surface area contributed by atoms with Gasteiger partial charge in [-0.2, -0.15) is 11.4 Å². The Labute approximate surface area is 145 Å². The van der Waals surface area contributed by atoms with Gasteiger partial charge in [0.2, 0.25) is 0 Å². The summed E-state index contributed by atoms with van der Waals surface area (Å²) < 4.78 is 10.4. The molecule has 6 heteroatoms. The Morgan fingerprint density at radius 1 is 0.750 bits per heavy atom. The molecular formula is C14H18Li2N2O2. The number of hydrogen-bond acceptors (Lipinski definition) is 2. The predicted octanol–water partition coefficient (Wildman–Crippen LogP) is -2.22. The maximum absolute atomic E-state index is 5.22. The summed E-state index contributed by atoms with van der Waals surface area (Å²) in [6, 6.07) is 0. The summed E-state index contributed by atoms with van der Waals surface area (Å²) in [5, 5.41) is 8.62. The van der Waals surface area contributed by atoms with Crippen LogP contribution in [0.4, 0.5) is 0 Å². The molecule has 0 aromatic heterocycles. The van der Waals surface area contributed by atoms with Crippen LogP contribution in [0.15, 0.2) is 47.5 Å². The van der Waals surface area contributed by atoms with Crippen molar-refractivity contribution in [2.75, 3.05) is 14.2 Å². The molecule has 0 N–H and O–H groups in total. The van der Waals surface area contributed by atoms with Gasteiger partial charge in [0.05, 0.1) is 14.2 Å². The first-order chi connectivity index (χ1) is 8.62. The molecule has 4 nitrogen and oxygen atoms in total. The number of hydrogen-bond donors (Lipinski definition) is 0. The van der Waals surface area contributed by atoms with Gasteiger partial charge in [0.1, 0.15) is 0 Å². The molecule has 2 aliphatic heterocycles. The average molecular weight is 260 g/mol. The van der Waals surface area contributed by atoms with Gasteiger partial charge in [0, 0.05) is 23.6 Å². The van der Waals surface area contributed by atoms with Gasteiger partial charge in [-0.3, -0.25) is 0 Å². The molecule has 2 heterocycles. The molecule has 0 amide bonds. The van der Waals surface area contributed by atoms with Crippen molar-refractivity contribution in [1.29, 1.82) is 0 Å². The standard InChI is InChI=1S/C14H18N2O2.2Li/c1-9-5-11(7-13(15-9)17-3)12-6-10(2)16-14(8-12)18-4;;/h5-8,11-12H,1-4H3;;/q-2;2*+1. The Kier molecular flexibility index (Phi) is 8.32. The topological polar surface area (TPSA) is 46.7 Å². The molecule has 20 heavy (non-hydrogen) atoms. The van der Waals surface area contributed by atoms with Crippen molar-refractivity contribution in [3.63, 3.8) is 0 Å². The maximum atomic E-state index is 5.22. The Morgan fingerprint density at radius 3 is 1.40 bits per heavy atom. The molecule has 2 unspecified atom stereocenters. The summed E-state index contributed by atoms with van der Waals surface area (Å²) in [5.74, 6) is 1.79. The fourth-order valence-electron chi connectivity index (χ4n) is 2.15. The second-order valence-electron chi connectivity index (χ2n) is 4.41. The zero-order chi connectivity index (χ0) is 13.1. The van der Waals surface area contributed by atoms with Crippen molar-refractivity contribution in [2.45, 2.75) is 13.8 Å². The molecular weight excluding hydrogens is 242 g/mol. The van der Waals surface area contributed by atoms with Crippen molar-refractivity contribution in [1.82, 2.24) is 0 Å². The summed E-state index contributed by atoms with van der Waals surface area (Å²) in [6.45, 7) is 3.95. The van der Waals surface area contributed by atoms with Gasteiger partial charge in [-0.1, -0.05) is 38.2 Å². The monoisotopic (exact) mass is 260 g/mol. The Morgan fingerprint density at radius 2 is 1.10 bits per heavy atom. The predicted molar refractivity (Wildman–Crippen MR) is 71.4 cm³/mol. The molecule has 0 saturated carbocycles. The first kappa shape index (κ1) is 19.4. The van der Waals surface area contributed by atoms with Crippen LogP contribution in [0.3, 0.4) is 0 Å². The number of methoxy groups -OCH3 is 2. The van der Waals surface area contributed by atoms with Gasteiger partial charge in [-0.05, 0) is 0 Å². The van der Waals surface area contributed by atoms with Gasteiger partial charge >= 0.3 is 37.7 Å². The van der Waals surface area contributed by atoms with E-state index in [0.717, 1.165) is 11.4 Å². The van der Waals surface area contributed by atoms with Crippen molar-refractivity contribution in [2.24, 2.45) is 11.8 Å². The number of nitrogens with zero attached hydrogens (tertiary/aromatic N) is 2. The average Bonchev–Trinajstić information content (AvgIpc) is 2.37. The van der Waals surface area contributed by atoms with Gasteiger partial charge in [-0.15, -0.1) is 0 Å².